The maximum absolute atomic E-state index is 9.19. The Morgan fingerprint density at radius 3 is 2.26 bits per heavy atom. The van der Waals surface area contributed by atoms with Crippen LogP contribution in [0.3, 0.4) is 0 Å². The van der Waals surface area contributed by atoms with Gasteiger partial charge in [-0.1, -0.05) is 61.2 Å². The summed E-state index contributed by atoms with van der Waals surface area (Å²) in [5.41, 5.74) is 9.27. The van der Waals surface area contributed by atoms with Crippen molar-refractivity contribution in [2.75, 3.05) is 0 Å². The molecule has 0 fully saturated rings. The van der Waals surface area contributed by atoms with Crippen LogP contribution in [0.4, 0.5) is 0 Å². The van der Waals surface area contributed by atoms with Gasteiger partial charge in [-0.25, -0.2) is 0 Å². The van der Waals surface area contributed by atoms with Crippen molar-refractivity contribution in [3.63, 3.8) is 0 Å². The summed E-state index contributed by atoms with van der Waals surface area (Å²) >= 11 is 0. The van der Waals surface area contributed by atoms with E-state index in [1.165, 1.54) is 10.8 Å². The van der Waals surface area contributed by atoms with Gasteiger partial charge in [0.2, 0.25) is 0 Å². The number of rotatable bonds is 4. The Bertz CT molecular complexity index is 1920. The molecule has 0 saturated carbocycles. The molecule has 0 radical (unpaired) electrons. The van der Waals surface area contributed by atoms with Crippen molar-refractivity contribution < 1.29 is 4.42 Å². The normalized spacial score (nSPS) is 11.0. The lowest BCUT2D eigenvalue weighted by atomic mass is 9.98. The molecule has 0 spiro atoms. The van der Waals surface area contributed by atoms with Crippen molar-refractivity contribution >= 4 is 44.9 Å². The molecule has 4 aromatic carbocycles. The SMILES string of the molecule is C=CC.C=Cc1oc2cc3c(cc2c1/C=C\C)c1ccccc1n3-c1ccc(-c2ccc(C#N)cc2C)cc1. The molecule has 0 amide bonds. The lowest BCUT2D eigenvalue weighted by molar-refractivity contribution is 0.604. The molecular formula is C36H30N2O. The van der Waals surface area contributed by atoms with E-state index in [0.717, 1.165) is 55.7 Å². The zero-order chi connectivity index (χ0) is 27.5. The molecule has 0 N–H and O–H groups in total. The minimum Gasteiger partial charge on any atom is -0.456 e. The molecule has 6 aromatic rings. The highest BCUT2D eigenvalue weighted by molar-refractivity contribution is 6.14. The van der Waals surface area contributed by atoms with Crippen LogP contribution in [0.25, 0.3) is 61.7 Å². The molecule has 6 rings (SSSR count). The number of nitriles is 1. The third kappa shape index (κ3) is 4.47. The summed E-state index contributed by atoms with van der Waals surface area (Å²) in [6.45, 7) is 13.3. The van der Waals surface area contributed by atoms with Crippen LogP contribution in [0, 0.1) is 18.3 Å². The molecular weight excluding hydrogens is 476 g/mol. The van der Waals surface area contributed by atoms with Gasteiger partial charge in [-0.2, -0.15) is 5.26 Å². The summed E-state index contributed by atoms with van der Waals surface area (Å²) in [5.74, 6) is 0.786. The van der Waals surface area contributed by atoms with Crippen LogP contribution < -0.4 is 0 Å². The first-order valence-corrected chi connectivity index (χ1v) is 13.0. The summed E-state index contributed by atoms with van der Waals surface area (Å²) in [6, 6.07) is 29.6. The number of nitrogens with zero attached hydrogens (tertiary/aromatic N) is 2. The average molecular weight is 507 g/mol. The van der Waals surface area contributed by atoms with Crippen LogP contribution in [-0.2, 0) is 0 Å². The zero-order valence-electron chi connectivity index (χ0n) is 22.5. The van der Waals surface area contributed by atoms with Crippen LogP contribution >= 0.6 is 0 Å². The van der Waals surface area contributed by atoms with Crippen molar-refractivity contribution in [3.8, 4) is 22.9 Å². The van der Waals surface area contributed by atoms with E-state index < -0.39 is 0 Å². The van der Waals surface area contributed by atoms with Gasteiger partial charge < -0.3 is 8.98 Å². The van der Waals surface area contributed by atoms with Gasteiger partial charge >= 0.3 is 0 Å². The molecule has 0 aliphatic heterocycles. The second-order valence-corrected chi connectivity index (χ2v) is 9.40. The fraction of sp³-hybridized carbons (Fsp3) is 0.0833. The third-order valence-corrected chi connectivity index (χ3v) is 6.86. The van der Waals surface area contributed by atoms with Gasteiger partial charge in [0.25, 0.3) is 0 Å². The summed E-state index contributed by atoms with van der Waals surface area (Å²) < 4.78 is 8.50. The van der Waals surface area contributed by atoms with E-state index in [-0.39, 0.29) is 0 Å². The number of para-hydroxylation sites is 1. The molecule has 3 nitrogen and oxygen atoms in total. The van der Waals surface area contributed by atoms with E-state index in [9.17, 15) is 5.26 Å². The van der Waals surface area contributed by atoms with E-state index in [1.807, 2.05) is 45.0 Å². The average Bonchev–Trinajstić information content (AvgIpc) is 3.47. The monoisotopic (exact) mass is 506 g/mol. The van der Waals surface area contributed by atoms with Crippen LogP contribution in [0.15, 0.2) is 109 Å². The molecule has 0 aliphatic rings. The number of hydrogen-bond donors (Lipinski definition) is 0. The number of allylic oxidation sites excluding steroid dienone is 2. The highest BCUT2D eigenvalue weighted by Crippen LogP contribution is 2.38. The van der Waals surface area contributed by atoms with Gasteiger partial charge in [0.05, 0.1) is 22.7 Å². The molecule has 0 aliphatic carbocycles. The number of hydrogen-bond acceptors (Lipinski definition) is 2. The van der Waals surface area contributed by atoms with Crippen LogP contribution in [0.2, 0.25) is 0 Å². The van der Waals surface area contributed by atoms with E-state index >= 15 is 0 Å². The fourth-order valence-corrected chi connectivity index (χ4v) is 5.21. The van der Waals surface area contributed by atoms with E-state index in [2.05, 4.69) is 90.5 Å². The summed E-state index contributed by atoms with van der Waals surface area (Å²) in [7, 11) is 0. The molecule has 3 heteroatoms. The van der Waals surface area contributed by atoms with Gasteiger partial charge in [0.1, 0.15) is 11.3 Å². The Morgan fingerprint density at radius 2 is 1.59 bits per heavy atom. The Labute approximate surface area is 229 Å². The Balaban J connectivity index is 0.000000983. The van der Waals surface area contributed by atoms with Gasteiger partial charge in [-0.15, -0.1) is 6.58 Å². The lowest BCUT2D eigenvalue weighted by Gasteiger charge is -2.11. The summed E-state index contributed by atoms with van der Waals surface area (Å²) in [5, 5.41) is 12.7. The molecule has 0 saturated heterocycles. The fourth-order valence-electron chi connectivity index (χ4n) is 5.21. The highest BCUT2D eigenvalue weighted by Gasteiger charge is 2.17. The third-order valence-electron chi connectivity index (χ3n) is 6.86. The first-order chi connectivity index (χ1) is 19.0. The minimum absolute atomic E-state index is 0.680. The molecule has 0 unspecified atom stereocenters. The second kappa shape index (κ2) is 10.7. The zero-order valence-corrected chi connectivity index (χ0v) is 22.5. The van der Waals surface area contributed by atoms with Gasteiger partial charge in [0, 0.05) is 33.5 Å². The number of fused-ring (bicyclic) bond motifs is 4. The Hall–Kier alpha value is -5.07. The van der Waals surface area contributed by atoms with Gasteiger partial charge in [-0.05, 0) is 79.9 Å². The predicted octanol–water partition coefficient (Wildman–Crippen LogP) is 10.2. The van der Waals surface area contributed by atoms with Gasteiger partial charge in [-0.3, -0.25) is 0 Å². The number of aryl methyl sites for hydroxylation is 1. The first kappa shape index (κ1) is 25.6. The number of benzene rings is 4. The van der Waals surface area contributed by atoms with Crippen molar-refractivity contribution in [2.45, 2.75) is 20.8 Å². The summed E-state index contributed by atoms with van der Waals surface area (Å²) in [6.07, 6.45) is 7.63. The van der Waals surface area contributed by atoms with E-state index in [1.54, 1.807) is 12.2 Å². The van der Waals surface area contributed by atoms with Crippen molar-refractivity contribution in [3.05, 3.63) is 127 Å². The van der Waals surface area contributed by atoms with Crippen LogP contribution in [-0.4, -0.2) is 4.57 Å². The first-order valence-electron chi connectivity index (χ1n) is 13.0. The van der Waals surface area contributed by atoms with Gasteiger partial charge in [0.15, 0.2) is 0 Å². The second-order valence-electron chi connectivity index (χ2n) is 9.40. The lowest BCUT2D eigenvalue weighted by Crippen LogP contribution is -1.94. The predicted molar refractivity (Wildman–Crippen MR) is 166 cm³/mol. The Kier molecular flexibility index (Phi) is 7.04. The smallest absolute Gasteiger partial charge is 0.137 e. The standard InChI is InChI=1S/C33H24N2O.C3H6/c1-4-8-27-29-18-28-26-9-6-7-10-30(26)35(31(28)19-33(29)36-32(27)5-2)24-14-12-23(13-15-24)25-16-11-22(20-34)17-21(25)3;1-3-2/h4-19H,2H2,1,3H3;3H,1H2,2H3/b8-4-;. The number of aromatic nitrogens is 1. The topological polar surface area (TPSA) is 41.9 Å². The van der Waals surface area contributed by atoms with Crippen LogP contribution in [0.5, 0.6) is 0 Å². The molecule has 39 heavy (non-hydrogen) atoms. The van der Waals surface area contributed by atoms with Crippen molar-refractivity contribution in [1.82, 2.24) is 4.57 Å². The van der Waals surface area contributed by atoms with E-state index in [4.69, 9.17) is 4.42 Å². The largest absolute Gasteiger partial charge is 0.456 e. The van der Waals surface area contributed by atoms with Crippen molar-refractivity contribution in [2.24, 2.45) is 0 Å². The quantitative estimate of drug-likeness (QED) is 0.223. The summed E-state index contributed by atoms with van der Waals surface area (Å²) in [4.78, 5) is 0. The Morgan fingerprint density at radius 1 is 0.846 bits per heavy atom. The number of furan rings is 1. The van der Waals surface area contributed by atoms with Crippen LogP contribution in [0.1, 0.15) is 36.3 Å². The molecule has 0 bridgehead atoms. The van der Waals surface area contributed by atoms with Crippen molar-refractivity contribution in [1.29, 1.82) is 5.26 Å². The molecule has 2 heterocycles. The van der Waals surface area contributed by atoms with E-state index in [0.29, 0.717) is 5.56 Å². The molecule has 190 valence electrons. The molecule has 0 atom stereocenters. The maximum atomic E-state index is 9.19. The molecule has 2 aromatic heterocycles. The maximum Gasteiger partial charge on any atom is 0.137 e. The minimum atomic E-state index is 0.680. The highest BCUT2D eigenvalue weighted by atomic mass is 16.3.